The largest absolute Gasteiger partial charge is 0.457 e. The summed E-state index contributed by atoms with van der Waals surface area (Å²) in [4.78, 5) is 29.5. The zero-order valence-corrected chi connectivity index (χ0v) is 28.1. The van der Waals surface area contributed by atoms with Crippen LogP contribution in [0.3, 0.4) is 0 Å². The van der Waals surface area contributed by atoms with Crippen molar-refractivity contribution in [2.24, 2.45) is 0 Å². The molecule has 0 bridgehead atoms. The van der Waals surface area contributed by atoms with E-state index in [1.54, 1.807) is 36.4 Å². The number of anilines is 1. The van der Waals surface area contributed by atoms with Crippen LogP contribution < -0.4 is 14.4 Å². The molecule has 1 N–H and O–H groups in total. The van der Waals surface area contributed by atoms with Crippen molar-refractivity contribution in [3.63, 3.8) is 0 Å². The van der Waals surface area contributed by atoms with Crippen molar-refractivity contribution in [1.82, 2.24) is 10.2 Å². The van der Waals surface area contributed by atoms with Gasteiger partial charge in [-0.25, -0.2) is 8.42 Å². The average molecular weight is 662 g/mol. The highest BCUT2D eigenvalue weighted by molar-refractivity contribution is 7.92. The molecule has 0 aromatic heterocycles. The molecule has 2 amide bonds. The molecule has 0 aliphatic heterocycles. The number of carbonyl (C=O) groups excluding carboxylic acids is 2. The molecule has 5 rings (SSSR count). The predicted molar refractivity (Wildman–Crippen MR) is 188 cm³/mol. The number of carbonyl (C=O) groups is 2. The summed E-state index contributed by atoms with van der Waals surface area (Å²) in [5.74, 6) is 0.262. The number of benzene rings is 5. The van der Waals surface area contributed by atoms with Crippen LogP contribution in [0.5, 0.6) is 11.5 Å². The van der Waals surface area contributed by atoms with E-state index in [4.69, 9.17) is 4.74 Å². The fraction of sp³-hybridized carbons (Fsp3) is 0.179. The molecule has 0 heterocycles. The van der Waals surface area contributed by atoms with Crippen LogP contribution in [0.1, 0.15) is 22.3 Å². The monoisotopic (exact) mass is 661 g/mol. The number of sulfonamides is 1. The molecule has 0 radical (unpaired) electrons. The van der Waals surface area contributed by atoms with Crippen molar-refractivity contribution < 1.29 is 22.7 Å². The number of para-hydroxylation sites is 1. The summed E-state index contributed by atoms with van der Waals surface area (Å²) in [5, 5.41) is 2.71. The highest BCUT2D eigenvalue weighted by Gasteiger charge is 2.34. The Balaban J connectivity index is 1.54. The second-order valence-corrected chi connectivity index (χ2v) is 13.4. The van der Waals surface area contributed by atoms with E-state index in [0.717, 1.165) is 26.6 Å². The van der Waals surface area contributed by atoms with Gasteiger partial charge in [-0.05, 0) is 73.5 Å². The number of nitrogens with one attached hydrogen (secondary N) is 1. The first-order valence-electron chi connectivity index (χ1n) is 15.7. The molecular formula is C39H39N3O5S. The Morgan fingerprint density at radius 2 is 1.23 bits per heavy atom. The van der Waals surface area contributed by atoms with E-state index < -0.39 is 28.5 Å². The molecule has 0 unspecified atom stereocenters. The minimum absolute atomic E-state index is 0.0442. The van der Waals surface area contributed by atoms with Gasteiger partial charge in [-0.1, -0.05) is 96.1 Å². The summed E-state index contributed by atoms with van der Waals surface area (Å²) in [5.41, 5.74) is 3.91. The van der Waals surface area contributed by atoms with Gasteiger partial charge in [0.15, 0.2) is 0 Å². The van der Waals surface area contributed by atoms with Crippen LogP contribution in [-0.2, 0) is 32.6 Å². The van der Waals surface area contributed by atoms with E-state index in [0.29, 0.717) is 11.5 Å². The first kappa shape index (κ1) is 33.9. The van der Waals surface area contributed by atoms with Gasteiger partial charge in [-0.2, -0.15) is 0 Å². The number of hydrogen-bond donors (Lipinski definition) is 1. The smallest absolute Gasteiger partial charge is 0.264 e. The first-order valence-corrected chi connectivity index (χ1v) is 17.1. The first-order chi connectivity index (χ1) is 23.1. The summed E-state index contributed by atoms with van der Waals surface area (Å²) in [6.45, 7) is 3.41. The number of rotatable bonds is 13. The Morgan fingerprint density at radius 1 is 0.688 bits per heavy atom. The maximum atomic E-state index is 14.5. The predicted octanol–water partition coefficient (Wildman–Crippen LogP) is 6.68. The number of hydrogen-bond acceptors (Lipinski definition) is 5. The van der Waals surface area contributed by atoms with Crippen LogP contribution in [0.2, 0.25) is 0 Å². The number of amides is 2. The van der Waals surface area contributed by atoms with Gasteiger partial charge < -0.3 is 15.0 Å². The van der Waals surface area contributed by atoms with Crippen molar-refractivity contribution >= 4 is 27.5 Å². The molecule has 0 saturated heterocycles. The molecule has 1 atom stereocenters. The van der Waals surface area contributed by atoms with Crippen LogP contribution in [0, 0.1) is 13.8 Å². The molecule has 0 saturated carbocycles. The van der Waals surface area contributed by atoms with Gasteiger partial charge in [0.2, 0.25) is 11.8 Å². The standard InChI is InChI=1S/C39H39N3O5S/c1-29-14-18-32(19-15-29)27-41(37(39(44)40-3)26-31-10-6-4-7-11-31)38(43)28-42(48(45,46)36-24-16-30(2)17-25-36)33-20-22-35(23-21-33)47-34-12-8-5-9-13-34/h4-25,37H,26-28H2,1-3H3,(H,40,44)/t37-/m0/s1. The van der Waals surface area contributed by atoms with Gasteiger partial charge in [0, 0.05) is 20.0 Å². The van der Waals surface area contributed by atoms with E-state index in [9.17, 15) is 18.0 Å². The number of likely N-dealkylation sites (N-methyl/N-ethyl adjacent to an activating group) is 1. The lowest BCUT2D eigenvalue weighted by atomic mass is 10.0. The average Bonchev–Trinajstić information content (AvgIpc) is 3.10. The summed E-state index contributed by atoms with van der Waals surface area (Å²) >= 11 is 0. The fourth-order valence-corrected chi connectivity index (χ4v) is 6.70. The molecular weight excluding hydrogens is 623 g/mol. The van der Waals surface area contributed by atoms with Gasteiger partial charge in [-0.15, -0.1) is 0 Å². The summed E-state index contributed by atoms with van der Waals surface area (Å²) < 4.78 is 35.6. The number of aryl methyl sites for hydroxylation is 2. The molecule has 5 aromatic rings. The third kappa shape index (κ3) is 8.49. The third-order valence-electron chi connectivity index (χ3n) is 7.98. The van der Waals surface area contributed by atoms with Crippen LogP contribution >= 0.6 is 0 Å². The second kappa shape index (κ2) is 15.5. The molecule has 0 fully saturated rings. The SMILES string of the molecule is CNC(=O)[C@H](Cc1ccccc1)N(Cc1ccc(C)cc1)C(=O)CN(c1ccc(Oc2ccccc2)cc1)S(=O)(=O)c1ccc(C)cc1. The van der Waals surface area contributed by atoms with Crippen molar-refractivity contribution in [1.29, 1.82) is 0 Å². The Bertz CT molecular complexity index is 1910. The molecule has 0 aliphatic rings. The lowest BCUT2D eigenvalue weighted by Crippen LogP contribution is -2.53. The Kier molecular flexibility index (Phi) is 10.9. The maximum Gasteiger partial charge on any atom is 0.264 e. The lowest BCUT2D eigenvalue weighted by molar-refractivity contribution is -0.139. The van der Waals surface area contributed by atoms with Crippen molar-refractivity contribution in [3.8, 4) is 11.5 Å². The molecule has 5 aromatic carbocycles. The van der Waals surface area contributed by atoms with Gasteiger partial charge >= 0.3 is 0 Å². The minimum Gasteiger partial charge on any atom is -0.457 e. The van der Waals surface area contributed by atoms with Crippen molar-refractivity contribution in [3.05, 3.63) is 156 Å². The molecule has 246 valence electrons. The van der Waals surface area contributed by atoms with Crippen molar-refractivity contribution in [2.45, 2.75) is 37.8 Å². The molecule has 9 heteroatoms. The third-order valence-corrected chi connectivity index (χ3v) is 9.77. The zero-order valence-electron chi connectivity index (χ0n) is 27.2. The van der Waals surface area contributed by atoms with Gasteiger partial charge in [-0.3, -0.25) is 13.9 Å². The Hall–Kier alpha value is -5.41. The van der Waals surface area contributed by atoms with Crippen LogP contribution in [0.15, 0.2) is 138 Å². The summed E-state index contributed by atoms with van der Waals surface area (Å²) in [6, 6.07) is 38.5. The highest BCUT2D eigenvalue weighted by atomic mass is 32.2. The Labute approximate surface area is 282 Å². The van der Waals surface area contributed by atoms with Crippen LogP contribution in [0.25, 0.3) is 0 Å². The van der Waals surface area contributed by atoms with E-state index in [1.807, 2.05) is 98.8 Å². The topological polar surface area (TPSA) is 96.0 Å². The van der Waals surface area contributed by atoms with E-state index >= 15 is 0 Å². The summed E-state index contributed by atoms with van der Waals surface area (Å²) in [6.07, 6.45) is 0.244. The quantitative estimate of drug-likeness (QED) is 0.152. The molecule has 8 nitrogen and oxygen atoms in total. The van der Waals surface area contributed by atoms with Crippen LogP contribution in [0.4, 0.5) is 5.69 Å². The van der Waals surface area contributed by atoms with Crippen molar-refractivity contribution in [2.75, 3.05) is 17.9 Å². The highest BCUT2D eigenvalue weighted by Crippen LogP contribution is 2.29. The normalized spacial score (nSPS) is 11.7. The fourth-order valence-electron chi connectivity index (χ4n) is 5.28. The van der Waals surface area contributed by atoms with Gasteiger partial charge in [0.25, 0.3) is 10.0 Å². The Morgan fingerprint density at radius 3 is 1.81 bits per heavy atom. The second-order valence-electron chi connectivity index (χ2n) is 11.6. The van der Waals surface area contributed by atoms with E-state index in [1.165, 1.54) is 24.1 Å². The van der Waals surface area contributed by atoms with E-state index in [-0.39, 0.29) is 29.5 Å². The maximum absolute atomic E-state index is 14.5. The molecule has 0 aliphatic carbocycles. The van der Waals surface area contributed by atoms with Gasteiger partial charge in [0.05, 0.1) is 10.6 Å². The summed E-state index contributed by atoms with van der Waals surface area (Å²) in [7, 11) is -2.69. The zero-order chi connectivity index (χ0) is 34.1. The molecule has 48 heavy (non-hydrogen) atoms. The lowest BCUT2D eigenvalue weighted by Gasteiger charge is -2.33. The number of ether oxygens (including phenoxy) is 1. The van der Waals surface area contributed by atoms with Crippen LogP contribution in [-0.4, -0.2) is 44.8 Å². The molecule has 0 spiro atoms. The number of nitrogens with zero attached hydrogens (tertiary/aromatic N) is 2. The van der Waals surface area contributed by atoms with E-state index in [2.05, 4.69) is 5.32 Å². The van der Waals surface area contributed by atoms with Gasteiger partial charge in [0.1, 0.15) is 24.1 Å². The minimum atomic E-state index is -4.22.